The van der Waals surface area contributed by atoms with Crippen LogP contribution in [-0.4, -0.2) is 72.8 Å². The van der Waals surface area contributed by atoms with Gasteiger partial charge in [0.05, 0.1) is 35.0 Å². The van der Waals surface area contributed by atoms with Gasteiger partial charge in [-0.2, -0.15) is 4.98 Å². The van der Waals surface area contributed by atoms with Gasteiger partial charge in [-0.3, -0.25) is 19.1 Å². The minimum atomic E-state index is -0.298. The van der Waals surface area contributed by atoms with Crippen molar-refractivity contribution < 1.29 is 4.74 Å². The summed E-state index contributed by atoms with van der Waals surface area (Å²) in [6.45, 7) is 6.92. The predicted molar refractivity (Wildman–Crippen MR) is 127 cm³/mol. The minimum Gasteiger partial charge on any atom is -0.379 e. The molecule has 1 aliphatic rings. The Hall–Kier alpha value is -3.02. The maximum absolute atomic E-state index is 13.2. The highest BCUT2D eigenvalue weighted by Gasteiger charge is 2.14. The largest absolute Gasteiger partial charge is 0.379 e. The van der Waals surface area contributed by atoms with Gasteiger partial charge in [-0.1, -0.05) is 18.7 Å². The third kappa shape index (κ3) is 4.43. The fourth-order valence-electron chi connectivity index (χ4n) is 4.04. The van der Waals surface area contributed by atoms with E-state index in [1.165, 1.54) is 16.3 Å². The van der Waals surface area contributed by atoms with Crippen LogP contribution < -0.4 is 11.1 Å². The normalized spacial score (nSPS) is 14.9. The van der Waals surface area contributed by atoms with E-state index in [4.69, 9.17) is 4.74 Å². The molecule has 0 radical (unpaired) electrons. The van der Waals surface area contributed by atoms with Crippen LogP contribution in [0.15, 0.2) is 45.3 Å². The Kier molecular flexibility index (Phi) is 6.25. The van der Waals surface area contributed by atoms with Crippen LogP contribution in [0.4, 0.5) is 0 Å². The summed E-state index contributed by atoms with van der Waals surface area (Å²) in [5, 5.41) is 8.32. The first-order valence-electron chi connectivity index (χ1n) is 11.1. The fraction of sp³-hybridized carbons (Fsp3) is 0.409. The molecule has 5 rings (SSSR count). The van der Waals surface area contributed by atoms with Gasteiger partial charge in [0.1, 0.15) is 0 Å². The zero-order valence-corrected chi connectivity index (χ0v) is 19.2. The molecule has 172 valence electrons. The molecule has 1 saturated heterocycles. The first-order valence-corrected chi connectivity index (χ1v) is 12.0. The number of aryl methyl sites for hydroxylation is 1. The van der Waals surface area contributed by atoms with Gasteiger partial charge in [0.2, 0.25) is 11.1 Å². The Morgan fingerprint density at radius 1 is 1.03 bits per heavy atom. The van der Waals surface area contributed by atoms with E-state index in [0.29, 0.717) is 39.5 Å². The number of hydrogen-bond donors (Lipinski definition) is 1. The van der Waals surface area contributed by atoms with Crippen molar-refractivity contribution in [3.8, 4) is 5.95 Å². The van der Waals surface area contributed by atoms with Crippen LogP contribution in [0.5, 0.6) is 0 Å². The van der Waals surface area contributed by atoms with Gasteiger partial charge in [0.15, 0.2) is 0 Å². The monoisotopic (exact) mass is 467 g/mol. The third-order valence-corrected chi connectivity index (χ3v) is 6.48. The number of rotatable bonds is 7. The molecule has 0 saturated carbocycles. The molecular formula is C22H25N7O3S. The lowest BCUT2D eigenvalue weighted by molar-refractivity contribution is 0.0369. The van der Waals surface area contributed by atoms with Crippen LogP contribution >= 0.6 is 11.8 Å². The van der Waals surface area contributed by atoms with E-state index in [1.807, 2.05) is 13.0 Å². The Morgan fingerprint density at radius 2 is 1.79 bits per heavy atom. The van der Waals surface area contributed by atoms with Gasteiger partial charge in [-0.15, -0.1) is 5.10 Å². The topological polar surface area (TPSA) is 111 Å². The predicted octanol–water partition coefficient (Wildman–Crippen LogP) is 1.65. The highest BCUT2D eigenvalue weighted by atomic mass is 32.2. The van der Waals surface area contributed by atoms with Gasteiger partial charge in [0.25, 0.3) is 11.1 Å². The van der Waals surface area contributed by atoms with E-state index in [-0.39, 0.29) is 11.1 Å². The number of nitrogens with zero attached hydrogens (tertiary/aromatic N) is 6. The zero-order chi connectivity index (χ0) is 22.8. The standard InChI is InChI=1S/C22H25N7O3S/c1-2-33-22-24-21(25-26-22)29-9-5-18-16(20(29)31)14-15-17(23-18)4-8-28(19(15)30)7-3-6-27-10-12-32-13-11-27/h4-5,8-9,14H,2-3,6-7,10-13H2,1H3,(H,24,25,26). The molecule has 33 heavy (non-hydrogen) atoms. The minimum absolute atomic E-state index is 0.139. The summed E-state index contributed by atoms with van der Waals surface area (Å²) in [6, 6.07) is 5.23. The average molecular weight is 468 g/mol. The molecule has 0 spiro atoms. The van der Waals surface area contributed by atoms with Crippen molar-refractivity contribution in [3.63, 3.8) is 0 Å². The van der Waals surface area contributed by atoms with E-state index in [1.54, 1.807) is 29.1 Å². The molecule has 0 aliphatic carbocycles. The lowest BCUT2D eigenvalue weighted by Gasteiger charge is -2.26. The molecule has 0 amide bonds. The molecule has 1 N–H and O–H groups in total. The van der Waals surface area contributed by atoms with Crippen molar-refractivity contribution in [1.82, 2.24) is 34.2 Å². The number of pyridine rings is 3. The summed E-state index contributed by atoms with van der Waals surface area (Å²) in [5.74, 6) is 1.17. The van der Waals surface area contributed by atoms with E-state index in [0.717, 1.165) is 45.0 Å². The molecule has 10 nitrogen and oxygen atoms in total. The molecule has 1 aliphatic heterocycles. The summed E-state index contributed by atoms with van der Waals surface area (Å²) < 4.78 is 8.48. The zero-order valence-electron chi connectivity index (χ0n) is 18.4. The Morgan fingerprint density at radius 3 is 2.58 bits per heavy atom. The van der Waals surface area contributed by atoms with Gasteiger partial charge in [0, 0.05) is 38.6 Å². The van der Waals surface area contributed by atoms with Crippen molar-refractivity contribution >= 4 is 33.6 Å². The fourth-order valence-corrected chi connectivity index (χ4v) is 4.56. The number of thioether (sulfide) groups is 1. The van der Waals surface area contributed by atoms with Crippen LogP contribution in [0, 0.1) is 0 Å². The summed E-state index contributed by atoms with van der Waals surface area (Å²) in [5.41, 5.74) is 0.680. The number of aromatic amines is 1. The lowest BCUT2D eigenvalue weighted by Crippen LogP contribution is -2.37. The van der Waals surface area contributed by atoms with Gasteiger partial charge in [-0.05, 0) is 30.4 Å². The Labute approximate surface area is 193 Å². The van der Waals surface area contributed by atoms with Crippen LogP contribution in [0.25, 0.3) is 27.8 Å². The Balaban J connectivity index is 1.46. The Bertz CT molecular complexity index is 1400. The number of hydrogen-bond acceptors (Lipinski definition) is 8. The van der Waals surface area contributed by atoms with Gasteiger partial charge < -0.3 is 9.30 Å². The van der Waals surface area contributed by atoms with Crippen molar-refractivity contribution in [3.05, 3.63) is 51.3 Å². The molecule has 11 heteroatoms. The van der Waals surface area contributed by atoms with Crippen molar-refractivity contribution in [2.24, 2.45) is 0 Å². The van der Waals surface area contributed by atoms with E-state index >= 15 is 0 Å². The van der Waals surface area contributed by atoms with Gasteiger partial charge in [-0.25, -0.2) is 10.1 Å². The van der Waals surface area contributed by atoms with Crippen LogP contribution in [-0.2, 0) is 11.3 Å². The smallest absolute Gasteiger partial charge is 0.266 e. The second-order valence-corrected chi connectivity index (χ2v) is 9.07. The average Bonchev–Trinajstić information content (AvgIpc) is 3.29. The number of H-pyrrole nitrogens is 1. The van der Waals surface area contributed by atoms with E-state index < -0.39 is 0 Å². The second kappa shape index (κ2) is 9.46. The second-order valence-electron chi connectivity index (χ2n) is 7.84. The third-order valence-electron chi connectivity index (χ3n) is 5.75. The molecule has 0 aromatic carbocycles. The maximum atomic E-state index is 13.2. The van der Waals surface area contributed by atoms with Crippen molar-refractivity contribution in [2.45, 2.75) is 25.0 Å². The highest BCUT2D eigenvalue weighted by molar-refractivity contribution is 7.99. The molecule has 0 unspecified atom stereocenters. The highest BCUT2D eigenvalue weighted by Crippen LogP contribution is 2.16. The van der Waals surface area contributed by atoms with Gasteiger partial charge >= 0.3 is 0 Å². The number of nitrogens with one attached hydrogen (secondary N) is 1. The van der Waals surface area contributed by atoms with Crippen LogP contribution in [0.1, 0.15) is 13.3 Å². The molecule has 4 aromatic rings. The lowest BCUT2D eigenvalue weighted by atomic mass is 10.2. The molecule has 0 bridgehead atoms. The first-order chi connectivity index (χ1) is 16.1. The summed E-state index contributed by atoms with van der Waals surface area (Å²) in [4.78, 5) is 37.6. The number of ether oxygens (including phenoxy) is 1. The van der Waals surface area contributed by atoms with E-state index in [2.05, 4.69) is 25.1 Å². The number of aromatic nitrogens is 6. The van der Waals surface area contributed by atoms with E-state index in [9.17, 15) is 9.59 Å². The molecule has 1 fully saturated rings. The number of fused-ring (bicyclic) bond motifs is 2. The van der Waals surface area contributed by atoms with Crippen molar-refractivity contribution in [1.29, 1.82) is 0 Å². The van der Waals surface area contributed by atoms with Crippen LogP contribution in [0.3, 0.4) is 0 Å². The maximum Gasteiger partial charge on any atom is 0.266 e. The van der Waals surface area contributed by atoms with Crippen molar-refractivity contribution in [2.75, 3.05) is 38.6 Å². The first kappa shape index (κ1) is 21.8. The molecule has 4 aromatic heterocycles. The SMILES string of the molecule is CCSc1n[nH]c(-n2ccc3nc4ccn(CCCN5CCOCC5)c(=O)c4cc3c2=O)n1. The summed E-state index contributed by atoms with van der Waals surface area (Å²) >= 11 is 1.49. The van der Waals surface area contributed by atoms with Crippen LogP contribution in [0.2, 0.25) is 0 Å². The quantitative estimate of drug-likeness (QED) is 0.323. The summed E-state index contributed by atoms with van der Waals surface area (Å²) in [7, 11) is 0. The summed E-state index contributed by atoms with van der Waals surface area (Å²) in [6.07, 6.45) is 4.27. The number of morpholine rings is 1. The molecule has 0 atom stereocenters. The molecular weight excluding hydrogens is 442 g/mol. The molecule has 5 heterocycles.